The van der Waals surface area contributed by atoms with Crippen LogP contribution in [0.5, 0.6) is 0 Å². The Morgan fingerprint density at radius 2 is 2.24 bits per heavy atom. The van der Waals surface area contributed by atoms with E-state index < -0.39 is 0 Å². The summed E-state index contributed by atoms with van der Waals surface area (Å²) in [4.78, 5) is 14.2. The Hall–Kier alpha value is -1.26. The average Bonchev–Trinajstić information content (AvgIpc) is 3.09. The zero-order valence-electron chi connectivity index (χ0n) is 12.7. The minimum atomic E-state index is -0.0165. The van der Waals surface area contributed by atoms with Gasteiger partial charge in [0.25, 0.3) is 0 Å². The molecule has 3 N–H and O–H groups in total. The molecule has 0 aliphatic heterocycles. The molecule has 1 aliphatic carbocycles. The van der Waals surface area contributed by atoms with Gasteiger partial charge in [-0.15, -0.1) is 0 Å². The zero-order valence-corrected chi connectivity index (χ0v) is 13.5. The van der Waals surface area contributed by atoms with Crippen LogP contribution in [0.4, 0.5) is 11.4 Å². The molecule has 2 rings (SSSR count). The van der Waals surface area contributed by atoms with Gasteiger partial charge in [-0.05, 0) is 56.5 Å². The first-order chi connectivity index (χ1) is 9.95. The monoisotopic (exact) mass is 309 g/mol. The Labute approximate surface area is 131 Å². The summed E-state index contributed by atoms with van der Waals surface area (Å²) in [6.07, 6.45) is 2.69. The van der Waals surface area contributed by atoms with Crippen molar-refractivity contribution in [1.29, 1.82) is 0 Å². The lowest BCUT2D eigenvalue weighted by Gasteiger charge is -2.16. The van der Waals surface area contributed by atoms with Crippen molar-refractivity contribution in [3.8, 4) is 0 Å². The van der Waals surface area contributed by atoms with Gasteiger partial charge in [-0.1, -0.05) is 18.5 Å². The molecule has 2 atom stereocenters. The molecule has 0 radical (unpaired) electrons. The number of nitrogens with one attached hydrogen (secondary N) is 1. The number of rotatable bonds is 7. The smallest absolute Gasteiger partial charge is 0.224 e. The molecule has 0 bridgehead atoms. The first-order valence-corrected chi connectivity index (χ1v) is 7.87. The molecule has 0 spiro atoms. The van der Waals surface area contributed by atoms with Crippen LogP contribution in [0.2, 0.25) is 5.02 Å². The van der Waals surface area contributed by atoms with Crippen LogP contribution in [0, 0.1) is 11.8 Å². The van der Waals surface area contributed by atoms with Gasteiger partial charge in [-0.25, -0.2) is 0 Å². The van der Waals surface area contributed by atoms with Crippen molar-refractivity contribution in [2.24, 2.45) is 11.8 Å². The highest BCUT2D eigenvalue weighted by Crippen LogP contribution is 2.37. The molecule has 1 saturated carbocycles. The number of nitrogens with two attached hydrogens (primary N) is 1. The van der Waals surface area contributed by atoms with Crippen molar-refractivity contribution in [2.75, 3.05) is 31.2 Å². The van der Waals surface area contributed by atoms with Crippen molar-refractivity contribution in [2.45, 2.75) is 26.2 Å². The molecule has 1 aromatic carbocycles. The van der Waals surface area contributed by atoms with Crippen molar-refractivity contribution in [1.82, 2.24) is 4.90 Å². The normalized spacial score (nSPS) is 20.6. The Morgan fingerprint density at radius 3 is 2.90 bits per heavy atom. The molecule has 21 heavy (non-hydrogen) atoms. The minimum absolute atomic E-state index is 0.0165. The standard InChI is InChI=1S/C16H24ClN3O/c1-11-8-12(11)10-20(2)7-3-4-16(21)19-15-9-13(17)5-6-14(15)18/h5-6,9,11-12H,3-4,7-8,10,18H2,1-2H3,(H,19,21). The van der Waals surface area contributed by atoms with E-state index in [4.69, 9.17) is 17.3 Å². The van der Waals surface area contributed by atoms with Crippen LogP contribution < -0.4 is 11.1 Å². The summed E-state index contributed by atoms with van der Waals surface area (Å²) in [5, 5.41) is 3.39. The fraction of sp³-hybridized carbons (Fsp3) is 0.562. The molecule has 5 heteroatoms. The average molecular weight is 310 g/mol. The molecule has 1 fully saturated rings. The highest BCUT2D eigenvalue weighted by atomic mass is 35.5. The molecule has 1 aromatic rings. The minimum Gasteiger partial charge on any atom is -0.397 e. The molecule has 0 saturated heterocycles. The second-order valence-electron chi connectivity index (χ2n) is 6.12. The fourth-order valence-corrected chi connectivity index (χ4v) is 2.68. The van der Waals surface area contributed by atoms with Crippen molar-refractivity contribution in [3.63, 3.8) is 0 Å². The van der Waals surface area contributed by atoms with E-state index in [0.29, 0.717) is 22.8 Å². The molecule has 2 unspecified atom stereocenters. The third-order valence-electron chi connectivity index (χ3n) is 4.06. The van der Waals surface area contributed by atoms with Gasteiger partial charge in [-0.2, -0.15) is 0 Å². The van der Waals surface area contributed by atoms with Crippen molar-refractivity contribution >= 4 is 28.9 Å². The van der Waals surface area contributed by atoms with Crippen LogP contribution in [0.25, 0.3) is 0 Å². The van der Waals surface area contributed by atoms with Gasteiger partial charge in [-0.3, -0.25) is 4.79 Å². The van der Waals surface area contributed by atoms with Crippen molar-refractivity contribution in [3.05, 3.63) is 23.2 Å². The van der Waals surface area contributed by atoms with Gasteiger partial charge in [0.05, 0.1) is 11.4 Å². The molecule has 116 valence electrons. The van der Waals surface area contributed by atoms with Gasteiger partial charge < -0.3 is 16.0 Å². The number of benzene rings is 1. The predicted octanol–water partition coefficient (Wildman–Crippen LogP) is 3.23. The Bertz CT molecular complexity index is 506. The molecular weight excluding hydrogens is 286 g/mol. The number of hydrogen-bond donors (Lipinski definition) is 2. The largest absolute Gasteiger partial charge is 0.397 e. The fourth-order valence-electron chi connectivity index (χ4n) is 2.50. The van der Waals surface area contributed by atoms with Gasteiger partial charge in [0.1, 0.15) is 0 Å². The number of carbonyl (C=O) groups excluding carboxylic acids is 1. The highest BCUT2D eigenvalue weighted by Gasteiger charge is 2.32. The van der Waals surface area contributed by atoms with Crippen LogP contribution in [0.3, 0.4) is 0 Å². The molecular formula is C16H24ClN3O. The maximum Gasteiger partial charge on any atom is 0.224 e. The van der Waals surface area contributed by atoms with Crippen LogP contribution >= 0.6 is 11.6 Å². The van der Waals surface area contributed by atoms with E-state index in [1.807, 2.05) is 0 Å². The molecule has 0 aromatic heterocycles. The maximum absolute atomic E-state index is 11.9. The summed E-state index contributed by atoms with van der Waals surface area (Å²) in [6, 6.07) is 5.08. The second kappa shape index (κ2) is 7.14. The third-order valence-corrected chi connectivity index (χ3v) is 4.29. The second-order valence-corrected chi connectivity index (χ2v) is 6.56. The Kier molecular flexibility index (Phi) is 5.48. The van der Waals surface area contributed by atoms with E-state index in [-0.39, 0.29) is 5.91 Å². The van der Waals surface area contributed by atoms with Gasteiger partial charge in [0, 0.05) is 18.0 Å². The zero-order chi connectivity index (χ0) is 15.4. The third kappa shape index (κ3) is 5.21. The van der Waals surface area contributed by atoms with Gasteiger partial charge in [0.2, 0.25) is 5.91 Å². The van der Waals surface area contributed by atoms with Crippen LogP contribution in [-0.2, 0) is 4.79 Å². The van der Waals surface area contributed by atoms with Crippen LogP contribution in [0.1, 0.15) is 26.2 Å². The predicted molar refractivity (Wildman–Crippen MR) is 88.5 cm³/mol. The number of nitrogens with zero attached hydrogens (tertiary/aromatic N) is 1. The number of amides is 1. The SMILES string of the molecule is CC1CC1CN(C)CCCC(=O)Nc1cc(Cl)ccc1N. The summed E-state index contributed by atoms with van der Waals surface area (Å²) in [5.74, 6) is 1.72. The first-order valence-electron chi connectivity index (χ1n) is 7.49. The Morgan fingerprint density at radius 1 is 1.52 bits per heavy atom. The molecule has 1 amide bonds. The van der Waals surface area contributed by atoms with E-state index >= 15 is 0 Å². The Balaban J connectivity index is 1.68. The van der Waals surface area contributed by atoms with E-state index in [1.165, 1.54) is 6.42 Å². The number of anilines is 2. The van der Waals surface area contributed by atoms with E-state index in [9.17, 15) is 4.79 Å². The number of hydrogen-bond acceptors (Lipinski definition) is 3. The highest BCUT2D eigenvalue weighted by molar-refractivity contribution is 6.31. The topological polar surface area (TPSA) is 58.4 Å². The molecule has 1 aliphatic rings. The molecule has 4 nitrogen and oxygen atoms in total. The lowest BCUT2D eigenvalue weighted by atomic mass is 10.2. The summed E-state index contributed by atoms with van der Waals surface area (Å²) < 4.78 is 0. The maximum atomic E-state index is 11.9. The van der Waals surface area contributed by atoms with Gasteiger partial charge in [0.15, 0.2) is 0 Å². The quantitative estimate of drug-likeness (QED) is 0.760. The van der Waals surface area contributed by atoms with Gasteiger partial charge >= 0.3 is 0 Å². The lowest BCUT2D eigenvalue weighted by Crippen LogP contribution is -2.24. The number of carbonyl (C=O) groups is 1. The van der Waals surface area contributed by atoms with E-state index in [0.717, 1.165) is 31.3 Å². The van der Waals surface area contributed by atoms with Crippen LogP contribution in [-0.4, -0.2) is 30.9 Å². The molecule has 0 heterocycles. The van der Waals surface area contributed by atoms with E-state index in [1.54, 1.807) is 18.2 Å². The van der Waals surface area contributed by atoms with Crippen LogP contribution in [0.15, 0.2) is 18.2 Å². The lowest BCUT2D eigenvalue weighted by molar-refractivity contribution is -0.116. The first kappa shape index (κ1) is 16.1. The number of halogens is 1. The summed E-state index contributed by atoms with van der Waals surface area (Å²) in [5.41, 5.74) is 6.93. The summed E-state index contributed by atoms with van der Waals surface area (Å²) >= 11 is 5.90. The van der Waals surface area contributed by atoms with E-state index in [2.05, 4.69) is 24.2 Å². The summed E-state index contributed by atoms with van der Waals surface area (Å²) in [7, 11) is 2.12. The van der Waals surface area contributed by atoms with Crippen molar-refractivity contribution < 1.29 is 4.79 Å². The summed E-state index contributed by atoms with van der Waals surface area (Å²) in [6.45, 7) is 4.38. The number of nitrogen functional groups attached to an aromatic ring is 1.